The minimum atomic E-state index is -0.488. The topological polar surface area (TPSA) is 54.5 Å². The van der Waals surface area contributed by atoms with Crippen LogP contribution in [0.2, 0.25) is 0 Å². The van der Waals surface area contributed by atoms with Gasteiger partial charge in [-0.2, -0.15) is 0 Å². The van der Waals surface area contributed by atoms with E-state index in [1.165, 1.54) is 32.1 Å². The number of anilines is 2. The number of nitrogens with one attached hydrogen (secondary N) is 1. The standard InChI is InChI=1S/C17H18FN3O2/c1-23-15-6-4-12(18)10-14(15)17(22)20-13-5-7-16(19-11-13)21-8-2-3-9-21/h4-7,10-11H,2-3,8-9H2,1H3,(H,20,22). The molecule has 0 unspecified atom stereocenters. The van der Waals surface area contributed by atoms with Gasteiger partial charge in [-0.05, 0) is 43.2 Å². The second kappa shape index (κ2) is 6.64. The highest BCUT2D eigenvalue weighted by Gasteiger charge is 2.15. The Morgan fingerprint density at radius 1 is 1.26 bits per heavy atom. The molecule has 1 N–H and O–H groups in total. The van der Waals surface area contributed by atoms with Crippen molar-refractivity contribution in [3.63, 3.8) is 0 Å². The van der Waals surface area contributed by atoms with Crippen molar-refractivity contribution in [2.75, 3.05) is 30.4 Å². The van der Waals surface area contributed by atoms with Crippen LogP contribution in [0.15, 0.2) is 36.5 Å². The van der Waals surface area contributed by atoms with Crippen LogP contribution in [-0.4, -0.2) is 31.1 Å². The molecule has 0 aliphatic carbocycles. The number of ether oxygens (including phenoxy) is 1. The molecule has 23 heavy (non-hydrogen) atoms. The Morgan fingerprint density at radius 2 is 2.04 bits per heavy atom. The Labute approximate surface area is 134 Å². The highest BCUT2D eigenvalue weighted by Crippen LogP contribution is 2.22. The fourth-order valence-electron chi connectivity index (χ4n) is 2.65. The molecule has 1 fully saturated rings. The first-order valence-corrected chi connectivity index (χ1v) is 7.53. The molecule has 0 saturated carbocycles. The molecule has 1 amide bonds. The molecule has 2 aromatic rings. The van der Waals surface area contributed by atoms with Crippen molar-refractivity contribution in [1.29, 1.82) is 0 Å². The summed E-state index contributed by atoms with van der Waals surface area (Å²) in [5, 5.41) is 2.71. The lowest BCUT2D eigenvalue weighted by atomic mass is 10.1. The van der Waals surface area contributed by atoms with Crippen LogP contribution in [0.5, 0.6) is 5.75 Å². The number of halogens is 1. The van der Waals surface area contributed by atoms with Crippen LogP contribution < -0.4 is 15.0 Å². The van der Waals surface area contributed by atoms with Crippen LogP contribution in [0.1, 0.15) is 23.2 Å². The van der Waals surface area contributed by atoms with Gasteiger partial charge in [0.05, 0.1) is 24.6 Å². The van der Waals surface area contributed by atoms with Gasteiger partial charge in [0.2, 0.25) is 0 Å². The summed E-state index contributed by atoms with van der Waals surface area (Å²) in [5.41, 5.74) is 0.709. The molecule has 1 aromatic heterocycles. The smallest absolute Gasteiger partial charge is 0.259 e. The van der Waals surface area contributed by atoms with Crippen LogP contribution >= 0.6 is 0 Å². The molecule has 2 heterocycles. The zero-order chi connectivity index (χ0) is 16.2. The van der Waals surface area contributed by atoms with Gasteiger partial charge in [-0.15, -0.1) is 0 Å². The van der Waals surface area contributed by atoms with E-state index < -0.39 is 11.7 Å². The van der Waals surface area contributed by atoms with Gasteiger partial charge in [0.15, 0.2) is 0 Å². The number of hydrogen-bond donors (Lipinski definition) is 1. The summed E-state index contributed by atoms with van der Waals surface area (Å²) in [6.07, 6.45) is 3.97. The van der Waals surface area contributed by atoms with Crippen LogP contribution in [0, 0.1) is 5.82 Å². The van der Waals surface area contributed by atoms with Crippen molar-refractivity contribution in [2.24, 2.45) is 0 Å². The molecule has 1 aliphatic heterocycles. The van der Waals surface area contributed by atoms with Gasteiger partial charge in [0.1, 0.15) is 17.4 Å². The van der Waals surface area contributed by atoms with Gasteiger partial charge in [0.25, 0.3) is 5.91 Å². The largest absolute Gasteiger partial charge is 0.496 e. The Hall–Kier alpha value is -2.63. The molecule has 3 rings (SSSR count). The third-order valence-electron chi connectivity index (χ3n) is 3.84. The molecular weight excluding hydrogens is 297 g/mol. The van der Waals surface area contributed by atoms with Crippen LogP contribution in [0.25, 0.3) is 0 Å². The number of rotatable bonds is 4. The number of methoxy groups -OCH3 is 1. The second-order valence-electron chi connectivity index (χ2n) is 5.40. The van der Waals surface area contributed by atoms with Crippen molar-refractivity contribution < 1.29 is 13.9 Å². The summed E-state index contributed by atoms with van der Waals surface area (Å²) in [6, 6.07) is 7.51. The maximum Gasteiger partial charge on any atom is 0.259 e. The number of amides is 1. The third-order valence-corrected chi connectivity index (χ3v) is 3.84. The number of carbonyl (C=O) groups excluding carboxylic acids is 1. The van der Waals surface area contributed by atoms with E-state index >= 15 is 0 Å². The number of carbonyl (C=O) groups is 1. The maximum atomic E-state index is 13.4. The fraction of sp³-hybridized carbons (Fsp3) is 0.294. The Morgan fingerprint density at radius 3 is 2.70 bits per heavy atom. The molecule has 0 atom stereocenters. The number of pyridine rings is 1. The van der Waals surface area contributed by atoms with Crippen LogP contribution in [0.4, 0.5) is 15.9 Å². The summed E-state index contributed by atoms with van der Waals surface area (Å²) < 4.78 is 18.5. The monoisotopic (exact) mass is 315 g/mol. The lowest BCUT2D eigenvalue weighted by Gasteiger charge is -2.16. The normalized spacial score (nSPS) is 13.9. The molecule has 5 nitrogen and oxygen atoms in total. The van der Waals surface area contributed by atoms with Crippen molar-refractivity contribution >= 4 is 17.4 Å². The van der Waals surface area contributed by atoms with E-state index in [-0.39, 0.29) is 5.56 Å². The Bertz CT molecular complexity index is 697. The molecule has 6 heteroatoms. The molecule has 1 aliphatic rings. The molecule has 0 radical (unpaired) electrons. The first kappa shape index (κ1) is 15.3. The van der Waals surface area contributed by atoms with Gasteiger partial charge >= 0.3 is 0 Å². The van der Waals surface area contributed by atoms with Crippen molar-refractivity contribution in [2.45, 2.75) is 12.8 Å². The zero-order valence-corrected chi connectivity index (χ0v) is 12.9. The summed E-state index contributed by atoms with van der Waals surface area (Å²) in [5.74, 6) is 0.310. The molecule has 120 valence electrons. The van der Waals surface area contributed by atoms with E-state index in [0.29, 0.717) is 11.4 Å². The average molecular weight is 315 g/mol. The van der Waals surface area contributed by atoms with E-state index in [9.17, 15) is 9.18 Å². The van der Waals surface area contributed by atoms with Crippen molar-refractivity contribution in [3.8, 4) is 5.75 Å². The molecule has 0 bridgehead atoms. The lowest BCUT2D eigenvalue weighted by molar-refractivity contribution is 0.102. The molecule has 1 saturated heterocycles. The predicted octanol–water partition coefficient (Wildman–Crippen LogP) is 3.08. The second-order valence-corrected chi connectivity index (χ2v) is 5.40. The summed E-state index contributed by atoms with van der Waals surface area (Å²) >= 11 is 0. The van der Waals surface area contributed by atoms with E-state index in [2.05, 4.69) is 15.2 Å². The summed E-state index contributed by atoms with van der Waals surface area (Å²) in [4.78, 5) is 18.9. The van der Waals surface area contributed by atoms with Gasteiger partial charge < -0.3 is 15.0 Å². The number of hydrogen-bond acceptors (Lipinski definition) is 4. The first-order chi connectivity index (χ1) is 11.2. The van der Waals surface area contributed by atoms with Crippen molar-refractivity contribution in [1.82, 2.24) is 4.98 Å². The highest BCUT2D eigenvalue weighted by atomic mass is 19.1. The van der Waals surface area contributed by atoms with Crippen LogP contribution in [0.3, 0.4) is 0 Å². The quantitative estimate of drug-likeness (QED) is 0.942. The third kappa shape index (κ3) is 3.41. The van der Waals surface area contributed by atoms with Gasteiger partial charge in [-0.25, -0.2) is 9.37 Å². The van der Waals surface area contributed by atoms with Crippen LogP contribution in [-0.2, 0) is 0 Å². The number of nitrogens with zero attached hydrogens (tertiary/aromatic N) is 2. The maximum absolute atomic E-state index is 13.4. The minimum absolute atomic E-state index is 0.149. The van der Waals surface area contributed by atoms with E-state index in [4.69, 9.17) is 4.74 Å². The molecular formula is C17H18FN3O2. The highest BCUT2D eigenvalue weighted by molar-refractivity contribution is 6.06. The van der Waals surface area contributed by atoms with Crippen molar-refractivity contribution in [3.05, 3.63) is 47.9 Å². The Kier molecular flexibility index (Phi) is 4.41. The number of benzene rings is 1. The lowest BCUT2D eigenvalue weighted by Crippen LogP contribution is -2.19. The van der Waals surface area contributed by atoms with E-state index in [0.717, 1.165) is 25.0 Å². The summed E-state index contributed by atoms with van der Waals surface area (Å²) in [6.45, 7) is 2.03. The average Bonchev–Trinajstić information content (AvgIpc) is 3.10. The first-order valence-electron chi connectivity index (χ1n) is 7.53. The van der Waals surface area contributed by atoms with Gasteiger partial charge in [0, 0.05) is 13.1 Å². The predicted molar refractivity (Wildman–Crippen MR) is 86.6 cm³/mol. The fourth-order valence-corrected chi connectivity index (χ4v) is 2.65. The SMILES string of the molecule is COc1ccc(F)cc1C(=O)Nc1ccc(N2CCCC2)nc1. The summed E-state index contributed by atoms with van der Waals surface area (Å²) in [7, 11) is 1.44. The minimum Gasteiger partial charge on any atom is -0.496 e. The van der Waals surface area contributed by atoms with E-state index in [1.54, 1.807) is 12.3 Å². The van der Waals surface area contributed by atoms with E-state index in [1.807, 2.05) is 6.07 Å². The van der Waals surface area contributed by atoms with Gasteiger partial charge in [-0.3, -0.25) is 4.79 Å². The number of aromatic nitrogens is 1. The zero-order valence-electron chi connectivity index (χ0n) is 12.9. The molecule has 0 spiro atoms. The van der Waals surface area contributed by atoms with Gasteiger partial charge in [-0.1, -0.05) is 0 Å². The molecule has 1 aromatic carbocycles. The Balaban J connectivity index is 1.74.